The quantitative estimate of drug-likeness (QED) is 0.338. The number of carbonyl (C=O) groups excluding carboxylic acids is 2. The third-order valence-electron chi connectivity index (χ3n) is 8.13. The van der Waals surface area contributed by atoms with E-state index in [0.717, 1.165) is 47.0 Å². The number of benzene rings is 2. The fourth-order valence-electron chi connectivity index (χ4n) is 6.24. The van der Waals surface area contributed by atoms with E-state index in [-0.39, 0.29) is 23.8 Å². The van der Waals surface area contributed by atoms with Crippen LogP contribution < -0.4 is 14.2 Å². The van der Waals surface area contributed by atoms with Crippen molar-refractivity contribution in [1.82, 2.24) is 0 Å². The summed E-state index contributed by atoms with van der Waals surface area (Å²) in [4.78, 5) is 32.6. The van der Waals surface area contributed by atoms with Crippen LogP contribution in [0.3, 0.4) is 0 Å². The monoisotopic (exact) mass is 595 g/mol. The van der Waals surface area contributed by atoms with Gasteiger partial charge in [-0.25, -0.2) is 0 Å². The predicted molar refractivity (Wildman–Crippen MR) is 152 cm³/mol. The molecule has 1 aliphatic heterocycles. The van der Waals surface area contributed by atoms with E-state index >= 15 is 0 Å². The Morgan fingerprint density at radius 1 is 0.923 bits per heavy atom. The summed E-state index contributed by atoms with van der Waals surface area (Å²) in [6.07, 6.45) is 4.67. The maximum Gasteiger partial charge on any atom is 0.315 e. The highest BCUT2D eigenvalue weighted by molar-refractivity contribution is 9.10. The number of esters is 1. The fraction of sp³-hybridized carbons (Fsp3) is 0.452. The van der Waals surface area contributed by atoms with Crippen LogP contribution >= 0.6 is 15.9 Å². The highest BCUT2D eigenvalue weighted by Gasteiger charge is 2.46. The first-order chi connectivity index (χ1) is 18.8. The molecule has 0 bridgehead atoms. The maximum atomic E-state index is 14.0. The molecule has 0 spiro atoms. The maximum absolute atomic E-state index is 14.0. The Kier molecular flexibility index (Phi) is 8.12. The first-order valence-corrected chi connectivity index (χ1v) is 14.2. The van der Waals surface area contributed by atoms with Crippen molar-refractivity contribution in [2.75, 3.05) is 21.3 Å². The molecule has 7 nitrogen and oxygen atoms in total. The average Bonchev–Trinajstić information content (AvgIpc) is 3.44. The van der Waals surface area contributed by atoms with Crippen LogP contribution in [-0.4, -0.2) is 44.9 Å². The summed E-state index contributed by atoms with van der Waals surface area (Å²) in [6.45, 7) is 1.87. The zero-order valence-electron chi connectivity index (χ0n) is 22.8. The summed E-state index contributed by atoms with van der Waals surface area (Å²) in [6, 6.07) is 11.5. The van der Waals surface area contributed by atoms with Crippen molar-refractivity contribution >= 4 is 33.4 Å². The number of halogens is 1. The second kappa shape index (κ2) is 11.5. The number of Topliss-reactive ketones (excluding diaryl/α,β-unsaturated/α-hetero) is 1. The van der Waals surface area contributed by atoms with Crippen LogP contribution in [0.5, 0.6) is 17.2 Å². The van der Waals surface area contributed by atoms with Crippen LogP contribution in [0.2, 0.25) is 0 Å². The number of nitrogens with zero attached hydrogens (tertiary/aromatic N) is 1. The number of hydrogen-bond donors (Lipinski definition) is 0. The van der Waals surface area contributed by atoms with Crippen LogP contribution in [0.4, 0.5) is 0 Å². The molecular formula is C31H34BrNO6. The molecule has 1 heterocycles. The molecule has 1 unspecified atom stereocenters. The van der Waals surface area contributed by atoms with Gasteiger partial charge in [-0.3, -0.25) is 14.6 Å². The highest BCUT2D eigenvalue weighted by atomic mass is 79.9. The van der Waals surface area contributed by atoms with Crippen molar-refractivity contribution in [1.29, 1.82) is 0 Å². The minimum atomic E-state index is -0.700. The molecule has 1 saturated carbocycles. The van der Waals surface area contributed by atoms with Crippen molar-refractivity contribution in [3.63, 3.8) is 0 Å². The van der Waals surface area contributed by atoms with Gasteiger partial charge in [0.15, 0.2) is 17.3 Å². The van der Waals surface area contributed by atoms with E-state index in [0.29, 0.717) is 41.4 Å². The molecular weight excluding hydrogens is 562 g/mol. The van der Waals surface area contributed by atoms with Gasteiger partial charge < -0.3 is 18.9 Å². The molecule has 3 atom stereocenters. The Balaban J connectivity index is 1.57. The lowest BCUT2D eigenvalue weighted by Crippen LogP contribution is -2.39. The molecule has 5 rings (SSSR count). The van der Waals surface area contributed by atoms with E-state index in [2.05, 4.69) is 15.9 Å². The van der Waals surface area contributed by atoms with Gasteiger partial charge >= 0.3 is 5.97 Å². The van der Waals surface area contributed by atoms with E-state index in [4.69, 9.17) is 23.9 Å². The number of allylic oxidation sites excluding steroid dienone is 2. The summed E-state index contributed by atoms with van der Waals surface area (Å²) in [5.74, 6) is 0.233. The molecule has 2 aliphatic carbocycles. The number of hydrogen-bond acceptors (Lipinski definition) is 7. The molecule has 39 heavy (non-hydrogen) atoms. The van der Waals surface area contributed by atoms with E-state index in [1.807, 2.05) is 43.3 Å². The van der Waals surface area contributed by atoms with E-state index in [1.54, 1.807) is 21.3 Å². The molecule has 206 valence electrons. The van der Waals surface area contributed by atoms with Gasteiger partial charge in [0.05, 0.1) is 21.3 Å². The number of ether oxygens (including phenoxy) is 4. The molecule has 2 aromatic rings. The van der Waals surface area contributed by atoms with Gasteiger partial charge in [-0.1, -0.05) is 22.0 Å². The van der Waals surface area contributed by atoms with E-state index < -0.39 is 11.8 Å². The van der Waals surface area contributed by atoms with Gasteiger partial charge in [0, 0.05) is 39.4 Å². The second-order valence-electron chi connectivity index (χ2n) is 10.4. The molecule has 8 heteroatoms. The van der Waals surface area contributed by atoms with Gasteiger partial charge in [-0.05, 0) is 80.8 Å². The van der Waals surface area contributed by atoms with Gasteiger partial charge in [0.1, 0.15) is 17.8 Å². The SMILES string of the molecule is COc1ccc([C@H]2CC(=O)C3=C(C2)N=C(C)C(C(=O)OC2CCCC2)[C@H]3c2cc(Br)ccc2OC)cc1OC. The Bertz CT molecular complexity index is 1340. The number of aliphatic imine (C=N–C) groups is 1. The third kappa shape index (κ3) is 5.36. The van der Waals surface area contributed by atoms with E-state index in [1.165, 1.54) is 0 Å². The number of methoxy groups -OCH3 is 3. The van der Waals surface area contributed by atoms with Gasteiger partial charge in [-0.2, -0.15) is 0 Å². The minimum absolute atomic E-state index is 0.0158. The standard InChI is InChI=1S/C31H34BrNO6/c1-17-28(31(35)39-21-7-5-6-8-21)29(22-16-20(32)10-12-25(22)36-2)30-23(33-17)13-19(14-24(30)34)18-9-11-26(37-3)27(15-18)38-4/h9-12,15-16,19,21,28-29H,5-8,13-14H2,1-4H3/t19-,28?,29-/m1/s1. The lowest BCUT2D eigenvalue weighted by Gasteiger charge is -2.37. The lowest BCUT2D eigenvalue weighted by atomic mass is 9.69. The summed E-state index contributed by atoms with van der Waals surface area (Å²) in [5.41, 5.74) is 3.73. The first-order valence-electron chi connectivity index (χ1n) is 13.4. The van der Waals surface area contributed by atoms with Crippen molar-refractivity contribution in [2.24, 2.45) is 10.9 Å². The van der Waals surface area contributed by atoms with Crippen LogP contribution in [0, 0.1) is 5.92 Å². The molecule has 0 radical (unpaired) electrons. The van der Waals surface area contributed by atoms with Crippen LogP contribution in [-0.2, 0) is 14.3 Å². The Morgan fingerprint density at radius 3 is 2.31 bits per heavy atom. The van der Waals surface area contributed by atoms with Gasteiger partial charge in [-0.15, -0.1) is 0 Å². The summed E-state index contributed by atoms with van der Waals surface area (Å²) < 4.78 is 23.5. The zero-order valence-corrected chi connectivity index (χ0v) is 24.4. The Labute approximate surface area is 237 Å². The topological polar surface area (TPSA) is 83.4 Å². The van der Waals surface area contributed by atoms with Gasteiger partial charge in [0.2, 0.25) is 0 Å². The molecule has 2 aromatic carbocycles. The summed E-state index contributed by atoms with van der Waals surface area (Å²) >= 11 is 3.58. The lowest BCUT2D eigenvalue weighted by molar-refractivity contribution is -0.151. The Hall–Kier alpha value is -3.13. The van der Waals surface area contributed by atoms with Gasteiger partial charge in [0.25, 0.3) is 0 Å². The van der Waals surface area contributed by atoms with Crippen molar-refractivity contribution in [2.45, 2.75) is 63.4 Å². The average molecular weight is 597 g/mol. The van der Waals surface area contributed by atoms with E-state index in [9.17, 15) is 9.59 Å². The van der Waals surface area contributed by atoms with Crippen molar-refractivity contribution in [3.8, 4) is 17.2 Å². The molecule has 0 aromatic heterocycles. The summed E-state index contributed by atoms with van der Waals surface area (Å²) in [7, 11) is 4.81. The minimum Gasteiger partial charge on any atom is -0.496 e. The largest absolute Gasteiger partial charge is 0.496 e. The molecule has 0 amide bonds. The Morgan fingerprint density at radius 2 is 1.62 bits per heavy atom. The predicted octanol–water partition coefficient (Wildman–Crippen LogP) is 6.54. The molecule has 0 N–H and O–H groups in total. The number of carbonyl (C=O) groups is 2. The van der Waals surface area contributed by atoms with Crippen LogP contribution in [0.15, 0.2) is 57.1 Å². The van der Waals surface area contributed by atoms with Crippen molar-refractivity contribution < 1.29 is 28.5 Å². The number of ketones is 1. The fourth-order valence-corrected chi connectivity index (χ4v) is 6.61. The van der Waals surface area contributed by atoms with Crippen LogP contribution in [0.1, 0.15) is 68.4 Å². The van der Waals surface area contributed by atoms with Crippen LogP contribution in [0.25, 0.3) is 0 Å². The molecule has 1 fully saturated rings. The first kappa shape index (κ1) is 27.4. The molecule has 0 saturated heterocycles. The second-order valence-corrected chi connectivity index (χ2v) is 11.4. The summed E-state index contributed by atoms with van der Waals surface area (Å²) in [5, 5.41) is 0. The molecule has 3 aliphatic rings. The smallest absolute Gasteiger partial charge is 0.315 e. The van der Waals surface area contributed by atoms with Crippen molar-refractivity contribution in [3.05, 3.63) is 63.3 Å². The third-order valence-corrected chi connectivity index (χ3v) is 8.63. The zero-order chi connectivity index (χ0) is 27.7. The highest BCUT2D eigenvalue weighted by Crippen LogP contribution is 2.49. The number of rotatable bonds is 7. The normalized spacial score (nSPS) is 23.3.